The molecule has 1 heterocycles. The van der Waals surface area contributed by atoms with E-state index in [2.05, 4.69) is 0 Å². The minimum absolute atomic E-state index is 0.164. The van der Waals surface area contributed by atoms with Crippen molar-refractivity contribution in [2.24, 2.45) is 0 Å². The van der Waals surface area contributed by atoms with Crippen molar-refractivity contribution in [3.05, 3.63) is 0 Å². The van der Waals surface area contributed by atoms with Gasteiger partial charge in [0.1, 0.15) is 5.25 Å². The molecule has 1 aliphatic rings. The summed E-state index contributed by atoms with van der Waals surface area (Å²) in [7, 11) is 0.0365. The molecule has 0 bridgehead atoms. The van der Waals surface area contributed by atoms with E-state index < -0.39 is 15.1 Å². The van der Waals surface area contributed by atoms with E-state index in [-0.39, 0.29) is 11.7 Å². The lowest BCUT2D eigenvalue weighted by Crippen LogP contribution is -2.36. The fourth-order valence-corrected chi connectivity index (χ4v) is 3.25. The molecule has 1 saturated heterocycles. The number of amides is 1. The van der Waals surface area contributed by atoms with Gasteiger partial charge in [-0.15, -0.1) is 0 Å². The second kappa shape index (κ2) is 3.05. The van der Waals surface area contributed by atoms with Gasteiger partial charge >= 0.3 is 0 Å². The summed E-state index contributed by atoms with van der Waals surface area (Å²) in [6, 6.07) is 0. The Morgan fingerprint density at radius 2 is 2.00 bits per heavy atom. The second-order valence-corrected chi connectivity index (χ2v) is 5.53. The first-order valence-corrected chi connectivity index (χ1v) is 5.59. The summed E-state index contributed by atoms with van der Waals surface area (Å²) in [5.41, 5.74) is 0. The molecule has 1 atom stereocenters. The molecule has 1 unspecified atom stereocenters. The zero-order chi connectivity index (χ0) is 9.35. The van der Waals surface area contributed by atoms with Crippen LogP contribution in [-0.4, -0.2) is 44.3 Å². The molecule has 0 aromatic rings. The van der Waals surface area contributed by atoms with Crippen molar-refractivity contribution in [3.8, 4) is 0 Å². The Bertz CT molecular complexity index is 281. The Labute approximate surface area is 72.5 Å². The molecule has 0 N–H and O–H groups in total. The molecular weight excluding hydrogens is 178 g/mol. The van der Waals surface area contributed by atoms with Crippen LogP contribution in [0.5, 0.6) is 0 Å². The van der Waals surface area contributed by atoms with Gasteiger partial charge in [0.25, 0.3) is 0 Å². The molecule has 1 fully saturated rings. The number of sulfone groups is 1. The Kier molecular flexibility index (Phi) is 2.41. The van der Waals surface area contributed by atoms with E-state index >= 15 is 0 Å². The average Bonchev–Trinajstić information content (AvgIpc) is 2.27. The zero-order valence-electron chi connectivity index (χ0n) is 7.28. The van der Waals surface area contributed by atoms with Crippen LogP contribution in [0, 0.1) is 0 Å². The Balaban J connectivity index is 2.84. The molecule has 1 aliphatic heterocycles. The molecule has 1 amide bonds. The van der Waals surface area contributed by atoms with Gasteiger partial charge in [0.05, 0.1) is 5.75 Å². The Morgan fingerprint density at radius 1 is 1.42 bits per heavy atom. The van der Waals surface area contributed by atoms with Crippen molar-refractivity contribution >= 4 is 15.7 Å². The normalized spacial score (nSPS) is 27.0. The minimum atomic E-state index is -3.12. The Morgan fingerprint density at radius 3 is 2.33 bits per heavy atom. The van der Waals surface area contributed by atoms with Crippen LogP contribution < -0.4 is 0 Å². The lowest BCUT2D eigenvalue weighted by atomic mass is 10.2. The van der Waals surface area contributed by atoms with Crippen molar-refractivity contribution in [1.29, 1.82) is 0 Å². The maximum absolute atomic E-state index is 11.3. The number of rotatable bonds is 1. The van der Waals surface area contributed by atoms with Gasteiger partial charge in [0.15, 0.2) is 9.84 Å². The number of carbonyl (C=O) groups excluding carboxylic acids is 1. The highest BCUT2D eigenvalue weighted by Gasteiger charge is 2.37. The first kappa shape index (κ1) is 9.51. The number of carbonyl (C=O) groups is 1. The molecule has 0 saturated carbocycles. The molecule has 0 spiro atoms. The molecule has 0 aromatic carbocycles. The second-order valence-electron chi connectivity index (χ2n) is 3.23. The summed E-state index contributed by atoms with van der Waals surface area (Å²) in [6.45, 7) is 0. The van der Waals surface area contributed by atoms with Gasteiger partial charge in [-0.1, -0.05) is 0 Å². The molecule has 0 aliphatic carbocycles. The van der Waals surface area contributed by atoms with E-state index in [1.165, 1.54) is 4.90 Å². The maximum Gasteiger partial charge on any atom is 0.240 e. The lowest BCUT2D eigenvalue weighted by molar-refractivity contribution is -0.128. The summed E-state index contributed by atoms with van der Waals surface area (Å²) < 4.78 is 22.5. The number of nitrogens with zero attached hydrogens (tertiary/aromatic N) is 1. The highest BCUT2D eigenvalue weighted by atomic mass is 32.2. The first-order valence-electron chi connectivity index (χ1n) is 3.88. The average molecular weight is 191 g/mol. The molecule has 5 heteroatoms. The topological polar surface area (TPSA) is 54.5 Å². The standard InChI is InChI=1S/C7H13NO3S/c1-8(2)7(9)6-4-3-5-12(6,10)11/h6H,3-5H2,1-2H3. The third kappa shape index (κ3) is 1.60. The minimum Gasteiger partial charge on any atom is -0.348 e. The van der Waals surface area contributed by atoms with Crippen molar-refractivity contribution in [2.75, 3.05) is 19.8 Å². The van der Waals surface area contributed by atoms with Gasteiger partial charge < -0.3 is 4.90 Å². The van der Waals surface area contributed by atoms with Gasteiger partial charge in [0, 0.05) is 14.1 Å². The van der Waals surface area contributed by atoms with Gasteiger partial charge in [-0.3, -0.25) is 4.79 Å². The predicted octanol–water partition coefficient (Wildman–Crippen LogP) is -0.348. The zero-order valence-corrected chi connectivity index (χ0v) is 8.10. The summed E-state index contributed by atoms with van der Waals surface area (Å²) in [4.78, 5) is 12.6. The highest BCUT2D eigenvalue weighted by molar-refractivity contribution is 7.93. The van der Waals surface area contributed by atoms with Crippen molar-refractivity contribution in [2.45, 2.75) is 18.1 Å². The van der Waals surface area contributed by atoms with Crippen molar-refractivity contribution in [3.63, 3.8) is 0 Å². The Hall–Kier alpha value is -0.580. The first-order chi connectivity index (χ1) is 5.45. The van der Waals surface area contributed by atoms with Gasteiger partial charge in [-0.25, -0.2) is 8.42 Å². The molecular formula is C7H13NO3S. The third-order valence-corrected chi connectivity index (χ3v) is 4.21. The van der Waals surface area contributed by atoms with E-state index in [9.17, 15) is 13.2 Å². The van der Waals surface area contributed by atoms with Crippen LogP contribution in [0.4, 0.5) is 0 Å². The van der Waals surface area contributed by atoms with Crippen LogP contribution in [0.15, 0.2) is 0 Å². The van der Waals surface area contributed by atoms with E-state index in [0.29, 0.717) is 12.8 Å². The lowest BCUT2D eigenvalue weighted by Gasteiger charge is -2.14. The largest absolute Gasteiger partial charge is 0.348 e. The van der Waals surface area contributed by atoms with Crippen LogP contribution in [0.1, 0.15) is 12.8 Å². The molecule has 0 radical (unpaired) electrons. The maximum atomic E-state index is 11.3. The van der Waals surface area contributed by atoms with E-state index in [1.807, 2.05) is 0 Å². The molecule has 12 heavy (non-hydrogen) atoms. The molecule has 0 aromatic heterocycles. The molecule has 70 valence electrons. The van der Waals surface area contributed by atoms with Crippen LogP contribution >= 0.6 is 0 Å². The summed E-state index contributed by atoms with van der Waals surface area (Å²) in [5, 5.41) is -0.771. The predicted molar refractivity (Wildman–Crippen MR) is 45.5 cm³/mol. The van der Waals surface area contributed by atoms with E-state index in [0.717, 1.165) is 0 Å². The van der Waals surface area contributed by atoms with Crippen LogP contribution in [-0.2, 0) is 14.6 Å². The van der Waals surface area contributed by atoms with Gasteiger partial charge in [-0.05, 0) is 12.8 Å². The SMILES string of the molecule is CN(C)C(=O)C1CCCS1(=O)=O. The fraction of sp³-hybridized carbons (Fsp3) is 0.857. The summed E-state index contributed by atoms with van der Waals surface area (Å²) in [5.74, 6) is -0.121. The number of hydrogen-bond donors (Lipinski definition) is 0. The van der Waals surface area contributed by atoms with E-state index in [1.54, 1.807) is 14.1 Å². The fourth-order valence-electron chi connectivity index (χ4n) is 1.36. The summed E-state index contributed by atoms with van der Waals surface area (Å²) in [6.07, 6.45) is 1.10. The number of hydrogen-bond acceptors (Lipinski definition) is 3. The quantitative estimate of drug-likeness (QED) is 0.569. The molecule has 4 nitrogen and oxygen atoms in total. The van der Waals surface area contributed by atoms with Crippen LogP contribution in [0.2, 0.25) is 0 Å². The van der Waals surface area contributed by atoms with Crippen molar-refractivity contribution in [1.82, 2.24) is 4.90 Å². The highest BCUT2D eigenvalue weighted by Crippen LogP contribution is 2.20. The third-order valence-electron chi connectivity index (χ3n) is 2.04. The molecule has 1 rings (SSSR count). The van der Waals surface area contributed by atoms with Crippen LogP contribution in [0.3, 0.4) is 0 Å². The van der Waals surface area contributed by atoms with Gasteiger partial charge in [0.2, 0.25) is 5.91 Å². The van der Waals surface area contributed by atoms with Gasteiger partial charge in [-0.2, -0.15) is 0 Å². The van der Waals surface area contributed by atoms with Crippen LogP contribution in [0.25, 0.3) is 0 Å². The summed E-state index contributed by atoms with van der Waals surface area (Å²) >= 11 is 0. The van der Waals surface area contributed by atoms with Crippen molar-refractivity contribution < 1.29 is 13.2 Å². The van der Waals surface area contributed by atoms with E-state index in [4.69, 9.17) is 0 Å². The monoisotopic (exact) mass is 191 g/mol. The smallest absolute Gasteiger partial charge is 0.240 e.